The number of rotatable bonds is 24. The van der Waals surface area contributed by atoms with Gasteiger partial charge in [0.2, 0.25) is 21.8 Å². The summed E-state index contributed by atoms with van der Waals surface area (Å²) in [6.07, 6.45) is -13.0. The second kappa shape index (κ2) is 24.9. The molecule has 0 radical (unpaired) electrons. The standard InChI is InChI=1S/C56H56ClF10N8O15PS2/c1-25-14-27(50(80)70-37(51(81)82)21-41(78)79)18-38(90-91(83,84)85)44(25)52(2,3)22-40(77)75(93(7,88)89)49-43-35(57)11-10-32(46(43)74(72-49)24-54(60,61)62)31-9-8-30(12-13-53(4,5)92(6,86)87)68-45(31)36(17-26-15-28(58)19-29(59)16-26)69-39(76)23-73-48-42(47(71-73)56(65,66)67)33-20-34(33)55(48,63)64/h8-11,14-16,18-19,33-34,36-37H,12-13,17,20-24H2,1-7H3,(H,69,76)(H,70,80)(H,78,79)(H,81,82)(H2,83,84,85)/t33-,34?,36-,37-/m0/s1. The number of nitrogens with one attached hydrogen (secondary N) is 2. The van der Waals surface area contributed by atoms with E-state index in [-0.39, 0.29) is 60.9 Å². The van der Waals surface area contributed by atoms with Crippen LogP contribution in [0.5, 0.6) is 5.75 Å². The van der Waals surface area contributed by atoms with Gasteiger partial charge < -0.3 is 25.4 Å². The lowest BCUT2D eigenvalue weighted by molar-refractivity contribution is -0.145. The number of anilines is 1. The molecule has 93 heavy (non-hydrogen) atoms. The number of carboxylic acids is 2. The predicted octanol–water partition coefficient (Wildman–Crippen LogP) is 8.97. The number of nitrogens with zero attached hydrogens (tertiary/aromatic N) is 6. The molecular formula is C56H56ClF10N8O15PS2. The summed E-state index contributed by atoms with van der Waals surface area (Å²) in [5, 5.41) is 29.1. The van der Waals surface area contributed by atoms with Crippen LogP contribution >= 0.6 is 19.4 Å². The van der Waals surface area contributed by atoms with Crippen LogP contribution in [-0.2, 0) is 87.0 Å². The number of benzene rings is 3. The van der Waals surface area contributed by atoms with Crippen LogP contribution in [0.25, 0.3) is 22.0 Å². The van der Waals surface area contributed by atoms with Crippen molar-refractivity contribution >= 4 is 85.7 Å². The smallest absolute Gasteiger partial charge is 0.481 e. The van der Waals surface area contributed by atoms with Gasteiger partial charge in [-0.1, -0.05) is 37.6 Å². The van der Waals surface area contributed by atoms with Gasteiger partial charge in [0.25, 0.3) is 11.8 Å². The first-order valence-corrected chi connectivity index (χ1v) is 33.1. The van der Waals surface area contributed by atoms with Crippen molar-refractivity contribution in [2.75, 3.05) is 16.8 Å². The van der Waals surface area contributed by atoms with Crippen molar-refractivity contribution in [3.05, 3.63) is 122 Å². The van der Waals surface area contributed by atoms with E-state index < -0.39 is 215 Å². The highest BCUT2D eigenvalue weighted by molar-refractivity contribution is 7.93. The van der Waals surface area contributed by atoms with Crippen molar-refractivity contribution in [2.24, 2.45) is 5.92 Å². The van der Waals surface area contributed by atoms with Crippen LogP contribution in [0.4, 0.5) is 49.7 Å². The quantitative estimate of drug-likeness (QED) is 0.0243. The van der Waals surface area contributed by atoms with E-state index in [2.05, 4.69) is 15.5 Å². The molecule has 3 heterocycles. The first-order chi connectivity index (χ1) is 42.5. The van der Waals surface area contributed by atoms with Crippen LogP contribution in [0.3, 0.4) is 0 Å². The van der Waals surface area contributed by atoms with Gasteiger partial charge in [0.1, 0.15) is 42.2 Å². The average Bonchev–Trinajstić information content (AvgIpc) is 1.52. The van der Waals surface area contributed by atoms with Gasteiger partial charge in [0.15, 0.2) is 21.3 Å². The number of halogens is 11. The molecule has 23 nitrogen and oxygen atoms in total. The highest BCUT2D eigenvalue weighted by atomic mass is 35.5. The molecule has 504 valence electrons. The lowest BCUT2D eigenvalue weighted by Crippen LogP contribution is -2.42. The summed E-state index contributed by atoms with van der Waals surface area (Å²) < 4.78 is 220. The zero-order chi connectivity index (χ0) is 69.6. The Morgan fingerprint density at radius 3 is 2.06 bits per heavy atom. The molecule has 6 N–H and O–H groups in total. The fourth-order valence-corrected chi connectivity index (χ4v) is 13.4. The SMILES string of the molecule is Cc1cc(C(=O)N[C@@H](CC(=O)O)C(=O)O)cc(OP(=O)(O)O)c1C(C)(C)CC(=O)N(c1nn(CC(F)(F)F)c2c(-c3ccc(CCC(C)(C)S(C)(=O)=O)nc3[C@H](Cc3cc(F)cc(F)c3)NC(=O)Cn3nc(C(F)(F)F)c4c3C(F)(F)C3C[C@H]43)ccc(Cl)c12)S(C)(=O)=O. The summed E-state index contributed by atoms with van der Waals surface area (Å²) in [5.74, 6) is -18.8. The van der Waals surface area contributed by atoms with Crippen LogP contribution in [0.1, 0.15) is 121 Å². The molecular weight excluding hydrogens is 1350 g/mol. The fourth-order valence-electron chi connectivity index (χ4n) is 11.4. The van der Waals surface area contributed by atoms with Crippen LogP contribution in [-0.4, -0.2) is 121 Å². The van der Waals surface area contributed by atoms with Gasteiger partial charge in [0.05, 0.1) is 45.1 Å². The number of aliphatic carboxylic acids is 2. The number of carbonyl (C=O) groups excluding carboxylic acids is 3. The number of aryl methyl sites for hydroxylation is 2. The van der Waals surface area contributed by atoms with Crippen LogP contribution < -0.4 is 19.5 Å². The number of hydrogen-bond acceptors (Lipinski definition) is 14. The number of amides is 3. The lowest BCUT2D eigenvalue weighted by atomic mass is 9.78. The summed E-state index contributed by atoms with van der Waals surface area (Å²) in [5.41, 5.74) is -9.10. The molecule has 3 aromatic heterocycles. The minimum Gasteiger partial charge on any atom is -0.481 e. The molecule has 3 aromatic carbocycles. The second-order valence-electron chi connectivity index (χ2n) is 23.8. The van der Waals surface area contributed by atoms with E-state index in [0.29, 0.717) is 18.4 Å². The molecule has 4 atom stereocenters. The van der Waals surface area contributed by atoms with Gasteiger partial charge in [-0.15, -0.1) is 0 Å². The van der Waals surface area contributed by atoms with Gasteiger partial charge in [-0.25, -0.2) is 35.0 Å². The largest absolute Gasteiger partial charge is 0.524 e. The molecule has 37 heteroatoms. The summed E-state index contributed by atoms with van der Waals surface area (Å²) >= 11 is 6.81. The number of phosphoric acid groups is 1. The van der Waals surface area contributed by atoms with E-state index in [1.165, 1.54) is 46.8 Å². The number of fused-ring (bicyclic) bond motifs is 4. The molecule has 1 unspecified atom stereocenters. The van der Waals surface area contributed by atoms with E-state index in [1.54, 1.807) is 0 Å². The minimum atomic E-state index is -5.66. The predicted molar refractivity (Wildman–Crippen MR) is 309 cm³/mol. The number of phosphoric ester groups is 1. The van der Waals surface area contributed by atoms with E-state index in [1.807, 2.05) is 5.32 Å². The summed E-state index contributed by atoms with van der Waals surface area (Å²) in [4.78, 5) is 90.5. The van der Waals surface area contributed by atoms with Crippen LogP contribution in [0.2, 0.25) is 5.02 Å². The van der Waals surface area contributed by atoms with Crippen molar-refractivity contribution in [2.45, 2.75) is 133 Å². The number of sulfonamides is 1. The molecule has 1 fully saturated rings. The number of pyridine rings is 1. The van der Waals surface area contributed by atoms with E-state index in [0.717, 1.165) is 36.6 Å². The van der Waals surface area contributed by atoms with Crippen molar-refractivity contribution in [1.29, 1.82) is 0 Å². The molecule has 8 rings (SSSR count). The molecule has 3 amide bonds. The van der Waals surface area contributed by atoms with Crippen molar-refractivity contribution in [3.8, 4) is 16.9 Å². The number of alkyl halides is 8. The number of carbonyl (C=O) groups is 5. The molecule has 0 bridgehead atoms. The molecule has 1 saturated carbocycles. The zero-order valence-electron chi connectivity index (χ0n) is 49.5. The Morgan fingerprint density at radius 2 is 1.51 bits per heavy atom. The molecule has 2 aliphatic carbocycles. The van der Waals surface area contributed by atoms with Gasteiger partial charge in [0, 0.05) is 63.6 Å². The Balaban J connectivity index is 1.31. The first-order valence-electron chi connectivity index (χ1n) is 27.4. The minimum absolute atomic E-state index is 0.0371. The Morgan fingerprint density at radius 1 is 0.882 bits per heavy atom. The third-order valence-electron chi connectivity index (χ3n) is 15.7. The molecule has 0 aliphatic heterocycles. The Bertz CT molecular complexity index is 4350. The van der Waals surface area contributed by atoms with Crippen molar-refractivity contribution < 1.29 is 114 Å². The lowest BCUT2D eigenvalue weighted by Gasteiger charge is -2.31. The maximum atomic E-state index is 15.8. The molecule has 6 aromatic rings. The highest BCUT2D eigenvalue weighted by Gasteiger charge is 2.68. The highest BCUT2D eigenvalue weighted by Crippen LogP contribution is 2.68. The number of aromatic nitrogens is 5. The Hall–Kier alpha value is -7.72. The zero-order valence-corrected chi connectivity index (χ0v) is 52.8. The van der Waals surface area contributed by atoms with Gasteiger partial charge in [-0.3, -0.25) is 43.3 Å². The molecule has 2 aliphatic rings. The topological polar surface area (TPSA) is 337 Å². The summed E-state index contributed by atoms with van der Waals surface area (Å²) in [7, 11) is -14.6. The third kappa shape index (κ3) is 15.4. The van der Waals surface area contributed by atoms with E-state index in [9.17, 15) is 91.7 Å². The maximum Gasteiger partial charge on any atom is 0.524 e. The van der Waals surface area contributed by atoms with E-state index >= 15 is 17.6 Å². The maximum absolute atomic E-state index is 15.8. The van der Waals surface area contributed by atoms with Gasteiger partial charge >= 0.3 is 32.1 Å². The third-order valence-corrected chi connectivity index (χ3v) is 19.7. The van der Waals surface area contributed by atoms with Crippen molar-refractivity contribution in [1.82, 2.24) is 35.2 Å². The summed E-state index contributed by atoms with van der Waals surface area (Å²) in [6, 6.07) is 4.26. The fraction of sp³-hybridized carbons (Fsp3) is 0.429. The van der Waals surface area contributed by atoms with Crippen LogP contribution in [0, 0.1) is 24.5 Å². The van der Waals surface area contributed by atoms with Gasteiger partial charge in [-0.05, 0) is 99.9 Å². The Labute approximate surface area is 526 Å². The second-order valence-corrected chi connectivity index (χ2v) is 29.9. The summed E-state index contributed by atoms with van der Waals surface area (Å²) in [6.45, 7) is 2.85. The number of carboxylic acid groups (broad SMARTS) is 2. The number of sulfone groups is 1. The average molecular weight is 1400 g/mol. The first kappa shape index (κ1) is 71.1. The number of hydrogen-bond donors (Lipinski definition) is 6. The van der Waals surface area contributed by atoms with E-state index in [4.69, 9.17) is 21.1 Å². The Kier molecular flexibility index (Phi) is 19.0. The van der Waals surface area contributed by atoms with Crippen molar-refractivity contribution in [3.63, 3.8) is 0 Å². The van der Waals surface area contributed by atoms with Gasteiger partial charge in [-0.2, -0.15) is 49.6 Å². The molecule has 0 spiro atoms. The monoisotopic (exact) mass is 1400 g/mol. The molecule has 0 saturated heterocycles. The normalized spacial score (nSPS) is 16.5. The van der Waals surface area contributed by atoms with Crippen LogP contribution in [0.15, 0.2) is 54.6 Å².